The average Bonchev–Trinajstić information content (AvgIpc) is 2.78. The Hall–Kier alpha value is -3.00. The molecular formula is C24H26BrN3O4. The number of nitrogens with zero attached hydrogens (tertiary/aromatic N) is 3. The number of rotatable bonds is 9. The molecule has 7 nitrogen and oxygen atoms in total. The van der Waals surface area contributed by atoms with Gasteiger partial charge in [-0.05, 0) is 68.3 Å². The second-order valence-corrected chi connectivity index (χ2v) is 8.15. The number of benzene rings is 2. The van der Waals surface area contributed by atoms with Gasteiger partial charge in [-0.15, -0.1) is 0 Å². The quantitative estimate of drug-likeness (QED) is 0.314. The van der Waals surface area contributed by atoms with Crippen LogP contribution in [-0.4, -0.2) is 34.6 Å². The van der Waals surface area contributed by atoms with Gasteiger partial charge < -0.3 is 9.47 Å². The normalized spacial score (nSPS) is 12.2. The maximum absolute atomic E-state index is 13.1. The molecule has 0 unspecified atom stereocenters. The van der Waals surface area contributed by atoms with E-state index in [4.69, 9.17) is 9.47 Å². The summed E-state index contributed by atoms with van der Waals surface area (Å²) in [5.41, 5.74) is 1.23. The number of ether oxygens (including phenoxy) is 2. The van der Waals surface area contributed by atoms with Crippen molar-refractivity contribution < 1.29 is 14.3 Å². The minimum atomic E-state index is -0.697. The van der Waals surface area contributed by atoms with Crippen molar-refractivity contribution in [1.82, 2.24) is 9.66 Å². The zero-order valence-electron chi connectivity index (χ0n) is 18.4. The van der Waals surface area contributed by atoms with Gasteiger partial charge in [-0.3, -0.25) is 4.79 Å². The van der Waals surface area contributed by atoms with Crippen LogP contribution in [0.3, 0.4) is 0 Å². The van der Waals surface area contributed by atoms with Crippen LogP contribution in [0, 0.1) is 0 Å². The summed E-state index contributed by atoms with van der Waals surface area (Å²) in [6.45, 7) is 5.79. The lowest BCUT2D eigenvalue weighted by atomic mass is 10.2. The molecule has 0 radical (unpaired) electrons. The van der Waals surface area contributed by atoms with Crippen molar-refractivity contribution in [1.29, 1.82) is 0 Å². The third-order valence-corrected chi connectivity index (χ3v) is 5.26. The van der Waals surface area contributed by atoms with E-state index in [1.54, 1.807) is 50.4 Å². The third kappa shape index (κ3) is 5.82. The summed E-state index contributed by atoms with van der Waals surface area (Å²) in [6, 6.07) is 12.6. The Morgan fingerprint density at radius 2 is 1.97 bits per heavy atom. The molecule has 0 saturated carbocycles. The Morgan fingerprint density at radius 1 is 1.22 bits per heavy atom. The highest BCUT2D eigenvalue weighted by Gasteiger charge is 2.15. The molecule has 0 aliphatic rings. The molecule has 3 aromatic rings. The van der Waals surface area contributed by atoms with Gasteiger partial charge in [-0.2, -0.15) is 9.78 Å². The van der Waals surface area contributed by atoms with Crippen LogP contribution in [0.1, 0.15) is 45.0 Å². The van der Waals surface area contributed by atoms with E-state index in [2.05, 4.69) is 32.9 Å². The van der Waals surface area contributed by atoms with Crippen LogP contribution >= 0.6 is 15.9 Å². The summed E-state index contributed by atoms with van der Waals surface area (Å²) < 4.78 is 12.7. The molecule has 1 atom stereocenters. The largest absolute Gasteiger partial charge is 0.479 e. The van der Waals surface area contributed by atoms with Crippen molar-refractivity contribution in [2.24, 2.45) is 5.10 Å². The molecule has 0 aliphatic carbocycles. The average molecular weight is 500 g/mol. The summed E-state index contributed by atoms with van der Waals surface area (Å²) in [5, 5.41) is 4.95. The first-order chi connectivity index (χ1) is 15.4. The lowest BCUT2D eigenvalue weighted by Gasteiger charge is -2.13. The van der Waals surface area contributed by atoms with Gasteiger partial charge in [-0.1, -0.05) is 29.3 Å². The zero-order valence-corrected chi connectivity index (χ0v) is 20.0. The molecule has 0 amide bonds. The molecule has 0 fully saturated rings. The van der Waals surface area contributed by atoms with Crippen LogP contribution < -0.4 is 10.3 Å². The Bertz CT molecular complexity index is 1170. The van der Waals surface area contributed by atoms with Gasteiger partial charge >= 0.3 is 5.97 Å². The van der Waals surface area contributed by atoms with Crippen molar-refractivity contribution in [3.05, 3.63) is 68.7 Å². The Balaban J connectivity index is 1.86. The van der Waals surface area contributed by atoms with Crippen LogP contribution in [0.2, 0.25) is 0 Å². The van der Waals surface area contributed by atoms with Crippen LogP contribution in [0.15, 0.2) is 56.8 Å². The molecule has 0 N–H and O–H groups in total. The van der Waals surface area contributed by atoms with Crippen molar-refractivity contribution in [3.8, 4) is 5.75 Å². The summed E-state index contributed by atoms with van der Waals surface area (Å²) in [6.07, 6.45) is 3.48. The molecule has 1 aromatic heterocycles. The fourth-order valence-electron chi connectivity index (χ4n) is 3.08. The smallest absolute Gasteiger partial charge is 0.347 e. The van der Waals surface area contributed by atoms with Gasteiger partial charge in [0.2, 0.25) is 0 Å². The van der Waals surface area contributed by atoms with E-state index >= 15 is 0 Å². The van der Waals surface area contributed by atoms with E-state index in [0.29, 0.717) is 35.5 Å². The molecule has 1 heterocycles. The maximum atomic E-state index is 13.1. The van der Waals surface area contributed by atoms with Crippen molar-refractivity contribution >= 4 is 39.0 Å². The number of carbonyl (C=O) groups excluding carboxylic acids is 1. The number of aryl methyl sites for hydroxylation is 1. The topological polar surface area (TPSA) is 82.8 Å². The SMILES string of the molecule is CCCCc1nc2ccc(Br)cc2c(=O)n1N=Cc1ccc(O[C@@H](C)C(=O)OCC)cc1. The molecule has 8 heteroatoms. The van der Waals surface area contributed by atoms with Crippen LogP contribution in [0.5, 0.6) is 5.75 Å². The van der Waals surface area contributed by atoms with Crippen molar-refractivity contribution in [2.45, 2.75) is 46.1 Å². The molecule has 0 bridgehead atoms. The van der Waals surface area contributed by atoms with Gasteiger partial charge in [0.05, 0.1) is 23.7 Å². The van der Waals surface area contributed by atoms with Crippen molar-refractivity contribution in [3.63, 3.8) is 0 Å². The second-order valence-electron chi connectivity index (χ2n) is 7.24. The van der Waals surface area contributed by atoms with Crippen LogP contribution in [-0.2, 0) is 16.0 Å². The summed E-state index contributed by atoms with van der Waals surface area (Å²) in [5.74, 6) is 0.763. The minimum Gasteiger partial charge on any atom is -0.479 e. The standard InChI is InChI=1S/C24H26BrN3O4/c1-4-6-7-22-27-21-13-10-18(25)14-20(21)23(29)28(22)26-15-17-8-11-19(12-9-17)32-16(3)24(30)31-5-2/h8-16H,4-7H2,1-3H3/t16-/m0/s1. The molecule has 2 aromatic carbocycles. The first-order valence-electron chi connectivity index (χ1n) is 10.6. The van der Waals surface area contributed by atoms with E-state index < -0.39 is 12.1 Å². The van der Waals surface area contributed by atoms with Gasteiger partial charge in [0.1, 0.15) is 11.6 Å². The first kappa shape index (κ1) is 23.7. The number of hydrogen-bond acceptors (Lipinski definition) is 6. The number of unbranched alkanes of at least 4 members (excludes halogenated alkanes) is 1. The highest BCUT2D eigenvalue weighted by atomic mass is 79.9. The fourth-order valence-corrected chi connectivity index (χ4v) is 3.44. The Labute approximate surface area is 195 Å². The Morgan fingerprint density at radius 3 is 2.66 bits per heavy atom. The van der Waals surface area contributed by atoms with Gasteiger partial charge in [0.25, 0.3) is 5.56 Å². The predicted octanol–water partition coefficient (Wildman–Crippen LogP) is 4.71. The third-order valence-electron chi connectivity index (χ3n) is 4.76. The van der Waals surface area contributed by atoms with Crippen LogP contribution in [0.25, 0.3) is 10.9 Å². The number of aromatic nitrogens is 2. The highest BCUT2D eigenvalue weighted by Crippen LogP contribution is 2.17. The molecule has 168 valence electrons. The fraction of sp³-hybridized carbons (Fsp3) is 0.333. The maximum Gasteiger partial charge on any atom is 0.347 e. The van der Waals surface area contributed by atoms with E-state index in [1.807, 2.05) is 12.1 Å². The minimum absolute atomic E-state index is 0.207. The zero-order chi connectivity index (χ0) is 23.1. The van der Waals surface area contributed by atoms with E-state index in [9.17, 15) is 9.59 Å². The van der Waals surface area contributed by atoms with Crippen molar-refractivity contribution in [2.75, 3.05) is 6.61 Å². The monoisotopic (exact) mass is 499 g/mol. The highest BCUT2D eigenvalue weighted by molar-refractivity contribution is 9.10. The molecule has 0 saturated heterocycles. The van der Waals surface area contributed by atoms with E-state index in [1.165, 1.54) is 4.68 Å². The van der Waals surface area contributed by atoms with E-state index in [0.717, 1.165) is 22.9 Å². The number of esters is 1. The second kappa shape index (κ2) is 11.0. The number of carbonyl (C=O) groups is 1. The summed E-state index contributed by atoms with van der Waals surface area (Å²) in [4.78, 5) is 29.5. The predicted molar refractivity (Wildman–Crippen MR) is 128 cm³/mol. The molecule has 32 heavy (non-hydrogen) atoms. The number of hydrogen-bond donors (Lipinski definition) is 0. The molecule has 0 spiro atoms. The molecule has 3 rings (SSSR count). The van der Waals surface area contributed by atoms with E-state index in [-0.39, 0.29) is 5.56 Å². The van der Waals surface area contributed by atoms with Gasteiger partial charge in [-0.25, -0.2) is 9.78 Å². The van der Waals surface area contributed by atoms with Gasteiger partial charge in [0.15, 0.2) is 6.10 Å². The van der Waals surface area contributed by atoms with Gasteiger partial charge in [0, 0.05) is 10.9 Å². The molecular weight excluding hydrogens is 474 g/mol. The number of halogens is 1. The summed E-state index contributed by atoms with van der Waals surface area (Å²) in [7, 11) is 0. The lowest BCUT2D eigenvalue weighted by Crippen LogP contribution is -2.26. The first-order valence-corrected chi connectivity index (χ1v) is 11.4. The number of fused-ring (bicyclic) bond motifs is 1. The lowest BCUT2D eigenvalue weighted by molar-refractivity contribution is -0.150. The van der Waals surface area contributed by atoms with Crippen LogP contribution in [0.4, 0.5) is 0 Å². The Kier molecular flexibility index (Phi) is 8.16. The summed E-state index contributed by atoms with van der Waals surface area (Å²) >= 11 is 3.41. The molecule has 0 aliphatic heterocycles.